The van der Waals surface area contributed by atoms with Gasteiger partial charge in [0.1, 0.15) is 11.5 Å². The molecule has 3 aromatic rings. The molecule has 1 heterocycles. The highest BCUT2D eigenvalue weighted by atomic mass is 16.5. The van der Waals surface area contributed by atoms with Crippen LogP contribution in [0.25, 0.3) is 0 Å². The van der Waals surface area contributed by atoms with Gasteiger partial charge in [-0.1, -0.05) is 19.1 Å². The minimum absolute atomic E-state index is 0.112. The zero-order valence-electron chi connectivity index (χ0n) is 20.3. The normalized spacial score (nSPS) is 17.0. The average molecular weight is 445 g/mol. The quantitative estimate of drug-likeness (QED) is 0.385. The number of ether oxygens (including phenoxy) is 3. The molecule has 5 nitrogen and oxygen atoms in total. The fourth-order valence-corrected chi connectivity index (χ4v) is 4.46. The van der Waals surface area contributed by atoms with Crippen LogP contribution < -0.4 is 19.1 Å². The standard InChI is InChI=1S/C28H32N2O3/c1-19-17-28(2,3)30(4)24-16-27(32-6)20(15-23(19)24)18-29-21-11-13-22(14-12-21)33-26-10-8-7-9-25(26)31-5/h7-16,18-19H,17H2,1-6H3. The highest BCUT2D eigenvalue weighted by Gasteiger charge is 2.34. The van der Waals surface area contributed by atoms with Gasteiger partial charge < -0.3 is 19.1 Å². The third-order valence-corrected chi connectivity index (χ3v) is 6.47. The molecule has 0 saturated heterocycles. The third kappa shape index (κ3) is 4.68. The van der Waals surface area contributed by atoms with Gasteiger partial charge in [0.2, 0.25) is 0 Å². The molecule has 1 atom stereocenters. The van der Waals surface area contributed by atoms with Crippen molar-refractivity contribution in [3.8, 4) is 23.0 Å². The molecule has 3 aromatic carbocycles. The lowest BCUT2D eigenvalue weighted by Crippen LogP contribution is -2.45. The summed E-state index contributed by atoms with van der Waals surface area (Å²) in [7, 11) is 5.50. The Morgan fingerprint density at radius 1 is 0.939 bits per heavy atom. The predicted molar refractivity (Wildman–Crippen MR) is 135 cm³/mol. The fraction of sp³-hybridized carbons (Fsp3) is 0.321. The summed E-state index contributed by atoms with van der Waals surface area (Å²) in [5.74, 6) is 3.39. The van der Waals surface area contributed by atoms with Crippen LogP contribution in [-0.4, -0.2) is 33.0 Å². The van der Waals surface area contributed by atoms with Gasteiger partial charge in [-0.25, -0.2) is 0 Å². The summed E-state index contributed by atoms with van der Waals surface area (Å²) in [5.41, 5.74) is 4.49. The molecule has 0 radical (unpaired) electrons. The van der Waals surface area contributed by atoms with Crippen LogP contribution in [0.3, 0.4) is 0 Å². The number of hydrogen-bond acceptors (Lipinski definition) is 5. The van der Waals surface area contributed by atoms with Crippen LogP contribution in [0.1, 0.15) is 44.2 Å². The molecule has 4 rings (SSSR count). The monoisotopic (exact) mass is 444 g/mol. The van der Waals surface area contributed by atoms with E-state index >= 15 is 0 Å². The number of aliphatic imine (C=N–C) groups is 1. The third-order valence-electron chi connectivity index (χ3n) is 6.47. The van der Waals surface area contributed by atoms with E-state index in [4.69, 9.17) is 14.2 Å². The highest BCUT2D eigenvalue weighted by molar-refractivity contribution is 5.87. The molecule has 0 N–H and O–H groups in total. The lowest BCUT2D eigenvalue weighted by atomic mass is 9.80. The molecule has 172 valence electrons. The smallest absolute Gasteiger partial charge is 0.169 e. The SMILES string of the molecule is COc1cc2c(cc1C=Nc1ccc(Oc3ccccc3OC)cc1)C(C)CC(C)(C)N2C. The molecule has 0 aromatic heterocycles. The number of benzene rings is 3. The summed E-state index contributed by atoms with van der Waals surface area (Å²) < 4.78 is 17.0. The van der Waals surface area contributed by atoms with Gasteiger partial charge in [-0.3, -0.25) is 4.99 Å². The second kappa shape index (κ2) is 9.18. The van der Waals surface area contributed by atoms with Crippen molar-refractivity contribution in [2.24, 2.45) is 4.99 Å². The number of para-hydroxylation sites is 2. The maximum Gasteiger partial charge on any atom is 0.169 e. The van der Waals surface area contributed by atoms with Crippen molar-refractivity contribution in [2.75, 3.05) is 26.2 Å². The van der Waals surface area contributed by atoms with Crippen molar-refractivity contribution in [1.82, 2.24) is 0 Å². The second-order valence-electron chi connectivity index (χ2n) is 9.13. The molecule has 5 heteroatoms. The van der Waals surface area contributed by atoms with Gasteiger partial charge in [0.15, 0.2) is 11.5 Å². The molecule has 1 unspecified atom stereocenters. The Bertz CT molecular complexity index is 1150. The van der Waals surface area contributed by atoms with Crippen molar-refractivity contribution in [3.05, 3.63) is 71.8 Å². The first kappa shape index (κ1) is 22.7. The van der Waals surface area contributed by atoms with Gasteiger partial charge in [0, 0.05) is 36.1 Å². The topological polar surface area (TPSA) is 43.3 Å². The van der Waals surface area contributed by atoms with Gasteiger partial charge in [0.05, 0.1) is 19.9 Å². The minimum Gasteiger partial charge on any atom is -0.496 e. The van der Waals surface area contributed by atoms with E-state index in [9.17, 15) is 0 Å². The summed E-state index contributed by atoms with van der Waals surface area (Å²) in [4.78, 5) is 7.04. The molecular formula is C28H32N2O3. The Balaban J connectivity index is 1.56. The molecule has 1 aliphatic rings. The Hall–Kier alpha value is -3.47. The molecule has 33 heavy (non-hydrogen) atoms. The maximum atomic E-state index is 5.95. The van der Waals surface area contributed by atoms with Gasteiger partial charge in [-0.05, 0) is 74.2 Å². The molecule has 0 fully saturated rings. The minimum atomic E-state index is 0.112. The fourth-order valence-electron chi connectivity index (χ4n) is 4.46. The van der Waals surface area contributed by atoms with E-state index in [1.807, 2.05) is 54.7 Å². The first-order valence-corrected chi connectivity index (χ1v) is 11.2. The van der Waals surface area contributed by atoms with E-state index in [0.29, 0.717) is 17.4 Å². The van der Waals surface area contributed by atoms with Crippen molar-refractivity contribution >= 4 is 17.6 Å². The highest BCUT2D eigenvalue weighted by Crippen LogP contribution is 2.44. The summed E-state index contributed by atoms with van der Waals surface area (Å²) in [6.07, 6.45) is 2.98. The lowest BCUT2D eigenvalue weighted by Gasteiger charge is -2.45. The molecule has 1 aliphatic heterocycles. The summed E-state index contributed by atoms with van der Waals surface area (Å²) in [6, 6.07) is 19.6. The van der Waals surface area contributed by atoms with E-state index in [-0.39, 0.29) is 5.54 Å². The van der Waals surface area contributed by atoms with Crippen LogP contribution in [0.2, 0.25) is 0 Å². The molecular weight excluding hydrogens is 412 g/mol. The van der Waals surface area contributed by atoms with E-state index in [1.165, 1.54) is 11.3 Å². The van der Waals surface area contributed by atoms with E-state index < -0.39 is 0 Å². The lowest BCUT2D eigenvalue weighted by molar-refractivity contribution is 0.379. The van der Waals surface area contributed by atoms with Crippen LogP contribution in [0.4, 0.5) is 11.4 Å². The molecule has 0 saturated carbocycles. The van der Waals surface area contributed by atoms with Crippen LogP contribution in [-0.2, 0) is 0 Å². The van der Waals surface area contributed by atoms with E-state index in [0.717, 1.165) is 29.2 Å². The van der Waals surface area contributed by atoms with Gasteiger partial charge in [-0.2, -0.15) is 0 Å². The molecule has 0 spiro atoms. The van der Waals surface area contributed by atoms with Gasteiger partial charge >= 0.3 is 0 Å². The number of nitrogens with zero attached hydrogens (tertiary/aromatic N) is 2. The first-order chi connectivity index (χ1) is 15.8. The molecule has 0 aliphatic carbocycles. The van der Waals surface area contributed by atoms with E-state index in [1.54, 1.807) is 14.2 Å². The Labute approximate surface area is 196 Å². The number of rotatable bonds is 6. The summed E-state index contributed by atoms with van der Waals surface area (Å²) in [5, 5.41) is 0. The Kier molecular flexibility index (Phi) is 6.32. The number of methoxy groups -OCH3 is 2. The van der Waals surface area contributed by atoms with Crippen LogP contribution >= 0.6 is 0 Å². The van der Waals surface area contributed by atoms with Gasteiger partial charge in [-0.15, -0.1) is 0 Å². The van der Waals surface area contributed by atoms with Crippen LogP contribution in [0.5, 0.6) is 23.0 Å². The zero-order valence-corrected chi connectivity index (χ0v) is 20.3. The summed E-state index contributed by atoms with van der Waals surface area (Å²) in [6.45, 7) is 6.87. The number of hydrogen-bond donors (Lipinski definition) is 0. The predicted octanol–water partition coefficient (Wildman–Crippen LogP) is 6.97. The molecule has 0 bridgehead atoms. The molecule has 0 amide bonds. The van der Waals surface area contributed by atoms with Crippen molar-refractivity contribution < 1.29 is 14.2 Å². The van der Waals surface area contributed by atoms with Crippen molar-refractivity contribution in [3.63, 3.8) is 0 Å². The first-order valence-electron chi connectivity index (χ1n) is 11.2. The number of fused-ring (bicyclic) bond motifs is 1. The Morgan fingerprint density at radius 3 is 2.27 bits per heavy atom. The second-order valence-corrected chi connectivity index (χ2v) is 9.13. The van der Waals surface area contributed by atoms with E-state index in [2.05, 4.69) is 49.8 Å². The van der Waals surface area contributed by atoms with Gasteiger partial charge in [0.25, 0.3) is 0 Å². The van der Waals surface area contributed by atoms with Crippen molar-refractivity contribution in [2.45, 2.75) is 38.6 Å². The average Bonchev–Trinajstić information content (AvgIpc) is 2.82. The van der Waals surface area contributed by atoms with Crippen molar-refractivity contribution in [1.29, 1.82) is 0 Å². The van der Waals surface area contributed by atoms with Crippen LogP contribution in [0, 0.1) is 0 Å². The number of anilines is 1. The Morgan fingerprint density at radius 2 is 1.61 bits per heavy atom. The van der Waals surface area contributed by atoms with Crippen LogP contribution in [0.15, 0.2) is 65.7 Å². The maximum absolute atomic E-state index is 5.95. The zero-order chi connectivity index (χ0) is 23.6. The summed E-state index contributed by atoms with van der Waals surface area (Å²) >= 11 is 0. The largest absolute Gasteiger partial charge is 0.496 e.